The molecule has 0 atom stereocenters. The third kappa shape index (κ3) is 2.36. The summed E-state index contributed by atoms with van der Waals surface area (Å²) in [6.45, 7) is 3.33. The van der Waals surface area contributed by atoms with Gasteiger partial charge < -0.3 is 14.6 Å². The van der Waals surface area contributed by atoms with Gasteiger partial charge in [0.1, 0.15) is 0 Å². The Morgan fingerprint density at radius 2 is 1.81 bits per heavy atom. The standard InChI is InChI=1S/C16H16N4O/c1-2-4-14-12(3-1)9-15(19-14)16-17-10-13(11-18-16)20-5-7-21-8-6-20/h1-4,9-11,19H,5-8H2. The van der Waals surface area contributed by atoms with Crippen molar-refractivity contribution >= 4 is 16.6 Å². The topological polar surface area (TPSA) is 54.0 Å². The van der Waals surface area contributed by atoms with E-state index >= 15 is 0 Å². The van der Waals surface area contributed by atoms with Crippen LogP contribution in [-0.4, -0.2) is 41.3 Å². The minimum Gasteiger partial charge on any atom is -0.378 e. The lowest BCUT2D eigenvalue weighted by Crippen LogP contribution is -2.36. The lowest BCUT2D eigenvalue weighted by Gasteiger charge is -2.28. The summed E-state index contributed by atoms with van der Waals surface area (Å²) in [6.07, 6.45) is 3.78. The summed E-state index contributed by atoms with van der Waals surface area (Å²) in [7, 11) is 0. The first-order valence-electron chi connectivity index (χ1n) is 7.13. The van der Waals surface area contributed by atoms with E-state index in [0.717, 1.165) is 49.0 Å². The fourth-order valence-corrected chi connectivity index (χ4v) is 2.64. The number of hydrogen-bond acceptors (Lipinski definition) is 4. The number of ether oxygens (including phenoxy) is 1. The van der Waals surface area contributed by atoms with Gasteiger partial charge in [0, 0.05) is 24.0 Å². The zero-order chi connectivity index (χ0) is 14.1. The Morgan fingerprint density at radius 3 is 2.57 bits per heavy atom. The van der Waals surface area contributed by atoms with Crippen molar-refractivity contribution in [1.82, 2.24) is 15.0 Å². The lowest BCUT2D eigenvalue weighted by molar-refractivity contribution is 0.122. The molecule has 1 aliphatic rings. The van der Waals surface area contributed by atoms with Crippen LogP contribution in [0.3, 0.4) is 0 Å². The second kappa shape index (κ2) is 5.18. The summed E-state index contributed by atoms with van der Waals surface area (Å²) in [4.78, 5) is 14.6. The Balaban J connectivity index is 1.63. The Bertz CT molecular complexity index is 711. The van der Waals surface area contributed by atoms with E-state index in [-0.39, 0.29) is 0 Å². The molecule has 5 heteroatoms. The molecule has 1 fully saturated rings. The molecule has 3 heterocycles. The number of para-hydroxylation sites is 1. The van der Waals surface area contributed by atoms with Gasteiger partial charge in [-0.25, -0.2) is 9.97 Å². The maximum Gasteiger partial charge on any atom is 0.176 e. The van der Waals surface area contributed by atoms with Gasteiger partial charge in [-0.2, -0.15) is 0 Å². The van der Waals surface area contributed by atoms with Crippen molar-refractivity contribution in [1.29, 1.82) is 0 Å². The quantitative estimate of drug-likeness (QED) is 0.783. The van der Waals surface area contributed by atoms with E-state index in [0.29, 0.717) is 0 Å². The van der Waals surface area contributed by atoms with Crippen LogP contribution in [0.25, 0.3) is 22.4 Å². The van der Waals surface area contributed by atoms with Gasteiger partial charge in [-0.3, -0.25) is 0 Å². The molecule has 106 valence electrons. The molecule has 1 saturated heterocycles. The molecule has 0 bridgehead atoms. The smallest absolute Gasteiger partial charge is 0.176 e. The Hall–Kier alpha value is -2.40. The predicted octanol–water partition coefficient (Wildman–Crippen LogP) is 2.46. The highest BCUT2D eigenvalue weighted by Crippen LogP contribution is 2.22. The van der Waals surface area contributed by atoms with E-state index in [9.17, 15) is 0 Å². The van der Waals surface area contributed by atoms with Gasteiger partial charge in [-0.1, -0.05) is 18.2 Å². The molecule has 0 saturated carbocycles. The van der Waals surface area contributed by atoms with Crippen LogP contribution < -0.4 is 4.90 Å². The molecule has 0 aliphatic carbocycles. The zero-order valence-corrected chi connectivity index (χ0v) is 11.6. The van der Waals surface area contributed by atoms with Crippen LogP contribution in [0.5, 0.6) is 0 Å². The molecular weight excluding hydrogens is 264 g/mol. The Labute approximate surface area is 122 Å². The van der Waals surface area contributed by atoms with Gasteiger partial charge in [0.15, 0.2) is 5.82 Å². The second-order valence-electron chi connectivity index (χ2n) is 5.13. The molecule has 1 N–H and O–H groups in total. The Kier molecular flexibility index (Phi) is 3.05. The molecule has 0 spiro atoms. The van der Waals surface area contributed by atoms with Crippen LogP contribution in [0.4, 0.5) is 5.69 Å². The number of morpholine rings is 1. The number of rotatable bonds is 2. The average molecular weight is 280 g/mol. The molecule has 0 amide bonds. The first-order chi connectivity index (χ1) is 10.4. The fourth-order valence-electron chi connectivity index (χ4n) is 2.64. The van der Waals surface area contributed by atoms with Crippen LogP contribution in [0.2, 0.25) is 0 Å². The number of H-pyrrole nitrogens is 1. The first-order valence-corrected chi connectivity index (χ1v) is 7.13. The van der Waals surface area contributed by atoms with Crippen molar-refractivity contribution in [2.45, 2.75) is 0 Å². The Morgan fingerprint density at radius 1 is 1.05 bits per heavy atom. The number of aromatic amines is 1. The summed E-state index contributed by atoms with van der Waals surface area (Å²) < 4.78 is 5.36. The third-order valence-electron chi connectivity index (χ3n) is 3.79. The van der Waals surface area contributed by atoms with E-state index in [2.05, 4.69) is 38.1 Å². The molecular formula is C16H16N4O. The van der Waals surface area contributed by atoms with Crippen LogP contribution in [0.1, 0.15) is 0 Å². The minimum atomic E-state index is 0.725. The SMILES string of the molecule is c1ccc2[nH]c(-c3ncc(N4CCOCC4)cn3)cc2c1. The first kappa shape index (κ1) is 12.3. The monoisotopic (exact) mass is 280 g/mol. The van der Waals surface area contributed by atoms with Crippen LogP contribution in [0.15, 0.2) is 42.7 Å². The molecule has 1 aliphatic heterocycles. The van der Waals surface area contributed by atoms with E-state index < -0.39 is 0 Å². The van der Waals surface area contributed by atoms with Gasteiger partial charge in [-0.05, 0) is 12.1 Å². The van der Waals surface area contributed by atoms with E-state index in [1.807, 2.05) is 24.5 Å². The van der Waals surface area contributed by atoms with Crippen molar-refractivity contribution in [2.24, 2.45) is 0 Å². The van der Waals surface area contributed by atoms with Gasteiger partial charge in [0.05, 0.1) is 37.0 Å². The summed E-state index contributed by atoms with van der Waals surface area (Å²) in [5, 5.41) is 1.17. The van der Waals surface area contributed by atoms with Crippen molar-refractivity contribution in [3.05, 3.63) is 42.7 Å². The summed E-state index contributed by atoms with van der Waals surface area (Å²) in [5.74, 6) is 0.725. The van der Waals surface area contributed by atoms with Crippen molar-refractivity contribution in [3.8, 4) is 11.5 Å². The van der Waals surface area contributed by atoms with Gasteiger partial charge in [-0.15, -0.1) is 0 Å². The highest BCUT2D eigenvalue weighted by atomic mass is 16.5. The zero-order valence-electron chi connectivity index (χ0n) is 11.6. The number of hydrogen-bond donors (Lipinski definition) is 1. The lowest BCUT2D eigenvalue weighted by atomic mass is 10.2. The van der Waals surface area contributed by atoms with Crippen LogP contribution in [0, 0.1) is 0 Å². The molecule has 0 radical (unpaired) electrons. The van der Waals surface area contributed by atoms with E-state index in [1.54, 1.807) is 0 Å². The van der Waals surface area contributed by atoms with Gasteiger partial charge >= 0.3 is 0 Å². The molecule has 0 unspecified atom stereocenters. The van der Waals surface area contributed by atoms with Gasteiger partial charge in [0.2, 0.25) is 0 Å². The molecule has 1 aromatic carbocycles. The summed E-state index contributed by atoms with van der Waals surface area (Å²) in [6, 6.07) is 10.3. The average Bonchev–Trinajstić information content (AvgIpc) is 3.00. The largest absolute Gasteiger partial charge is 0.378 e. The van der Waals surface area contributed by atoms with E-state index in [4.69, 9.17) is 4.74 Å². The number of aromatic nitrogens is 3. The highest BCUT2D eigenvalue weighted by molar-refractivity contribution is 5.84. The van der Waals surface area contributed by atoms with Crippen molar-refractivity contribution in [3.63, 3.8) is 0 Å². The third-order valence-corrected chi connectivity index (χ3v) is 3.79. The van der Waals surface area contributed by atoms with Crippen LogP contribution >= 0.6 is 0 Å². The maximum absolute atomic E-state index is 5.36. The maximum atomic E-state index is 5.36. The van der Waals surface area contributed by atoms with Crippen molar-refractivity contribution in [2.75, 3.05) is 31.2 Å². The summed E-state index contributed by atoms with van der Waals surface area (Å²) >= 11 is 0. The summed E-state index contributed by atoms with van der Waals surface area (Å²) in [5.41, 5.74) is 3.11. The van der Waals surface area contributed by atoms with E-state index in [1.165, 1.54) is 5.39 Å². The molecule has 21 heavy (non-hydrogen) atoms. The molecule has 3 aromatic rings. The molecule has 5 nitrogen and oxygen atoms in total. The molecule has 2 aromatic heterocycles. The van der Waals surface area contributed by atoms with Crippen molar-refractivity contribution < 1.29 is 4.74 Å². The number of nitrogens with one attached hydrogen (secondary N) is 1. The number of benzene rings is 1. The minimum absolute atomic E-state index is 0.725. The van der Waals surface area contributed by atoms with Gasteiger partial charge in [0.25, 0.3) is 0 Å². The predicted molar refractivity (Wildman–Crippen MR) is 82.4 cm³/mol. The molecule has 4 rings (SSSR count). The highest BCUT2D eigenvalue weighted by Gasteiger charge is 2.12. The fraction of sp³-hybridized carbons (Fsp3) is 0.250. The number of anilines is 1. The van der Waals surface area contributed by atoms with Crippen LogP contribution in [-0.2, 0) is 4.74 Å². The normalized spacial score (nSPS) is 15.5. The number of fused-ring (bicyclic) bond motifs is 1. The second-order valence-corrected chi connectivity index (χ2v) is 5.13. The number of nitrogens with zero attached hydrogens (tertiary/aromatic N) is 3.